The first-order valence-electron chi connectivity index (χ1n) is 8.77. The fourth-order valence-electron chi connectivity index (χ4n) is 3.93. The molecule has 0 aliphatic heterocycles. The number of hydrogen-bond acceptors (Lipinski definition) is 1. The molecule has 1 aromatic heterocycles. The van der Waals surface area contributed by atoms with E-state index in [9.17, 15) is 0 Å². The molecule has 3 aromatic rings. The zero-order chi connectivity index (χ0) is 14.9. The topological polar surface area (TPSA) is 0 Å². The molecule has 0 bridgehead atoms. The number of fused-ring (bicyclic) bond motifs is 5. The van der Waals surface area contributed by atoms with Gasteiger partial charge in [0.25, 0.3) is 0 Å². The van der Waals surface area contributed by atoms with E-state index >= 15 is 0 Å². The molecule has 0 saturated carbocycles. The number of hydrogen-bond donors (Lipinski definition) is 0. The highest BCUT2D eigenvalue weighted by Crippen LogP contribution is 2.39. The maximum absolute atomic E-state index is 2.42. The smallest absolute Gasteiger partial charge is 0.0390 e. The van der Waals surface area contributed by atoms with Crippen LogP contribution in [0.3, 0.4) is 0 Å². The maximum Gasteiger partial charge on any atom is 0.0390 e. The Kier molecular flexibility index (Phi) is 3.92. The quantitative estimate of drug-likeness (QED) is 0.428. The lowest BCUT2D eigenvalue weighted by molar-refractivity contribution is 0.582. The van der Waals surface area contributed by atoms with Crippen molar-refractivity contribution in [3.63, 3.8) is 0 Å². The highest BCUT2D eigenvalue weighted by Gasteiger charge is 2.14. The van der Waals surface area contributed by atoms with Gasteiger partial charge < -0.3 is 0 Å². The first-order chi connectivity index (χ1) is 10.8. The third kappa shape index (κ3) is 2.46. The van der Waals surface area contributed by atoms with Gasteiger partial charge in [-0.05, 0) is 49.3 Å². The van der Waals surface area contributed by atoms with Crippen molar-refractivity contribution in [1.29, 1.82) is 0 Å². The van der Waals surface area contributed by atoms with Crippen molar-refractivity contribution in [2.45, 2.75) is 58.3 Å². The summed E-state index contributed by atoms with van der Waals surface area (Å²) in [5, 5.41) is 2.94. The van der Waals surface area contributed by atoms with Gasteiger partial charge >= 0.3 is 0 Å². The van der Waals surface area contributed by atoms with Crippen LogP contribution in [0.1, 0.15) is 55.2 Å². The second-order valence-electron chi connectivity index (χ2n) is 6.75. The SMILES string of the molecule is Cc1cccc2c1sc1c3c(ccc12)CCCCCCCC3. The molecular weight excluding hydrogens is 284 g/mol. The molecule has 0 saturated heterocycles. The predicted molar refractivity (Wildman–Crippen MR) is 99.2 cm³/mol. The fourth-order valence-corrected chi connectivity index (χ4v) is 5.30. The summed E-state index contributed by atoms with van der Waals surface area (Å²) in [5.41, 5.74) is 4.71. The molecule has 0 nitrogen and oxygen atoms in total. The molecule has 0 atom stereocenters. The van der Waals surface area contributed by atoms with Gasteiger partial charge in [-0.2, -0.15) is 0 Å². The Morgan fingerprint density at radius 1 is 0.727 bits per heavy atom. The van der Waals surface area contributed by atoms with Crippen molar-refractivity contribution in [1.82, 2.24) is 0 Å². The Labute approximate surface area is 137 Å². The summed E-state index contributed by atoms with van der Waals surface area (Å²) in [6.07, 6.45) is 10.9. The second-order valence-corrected chi connectivity index (χ2v) is 7.78. The van der Waals surface area contributed by atoms with E-state index < -0.39 is 0 Å². The Balaban J connectivity index is 1.92. The summed E-state index contributed by atoms with van der Waals surface area (Å²) in [5.74, 6) is 0. The summed E-state index contributed by atoms with van der Waals surface area (Å²) in [6, 6.07) is 11.6. The molecule has 1 heteroatoms. The minimum Gasteiger partial charge on any atom is -0.135 e. The largest absolute Gasteiger partial charge is 0.135 e. The Hall–Kier alpha value is -1.34. The molecule has 1 aliphatic carbocycles. The van der Waals surface area contributed by atoms with E-state index in [1.165, 1.54) is 72.4 Å². The van der Waals surface area contributed by atoms with Gasteiger partial charge in [0.05, 0.1) is 0 Å². The summed E-state index contributed by atoms with van der Waals surface area (Å²) in [7, 11) is 0. The highest BCUT2D eigenvalue weighted by atomic mass is 32.1. The molecule has 1 heterocycles. The molecule has 114 valence electrons. The normalized spacial score (nSPS) is 16.8. The zero-order valence-electron chi connectivity index (χ0n) is 13.5. The van der Waals surface area contributed by atoms with Gasteiger partial charge in [-0.3, -0.25) is 0 Å². The zero-order valence-corrected chi connectivity index (χ0v) is 14.3. The molecule has 1 aliphatic rings. The van der Waals surface area contributed by atoms with Crippen molar-refractivity contribution in [2.75, 3.05) is 0 Å². The average molecular weight is 308 g/mol. The minimum atomic E-state index is 1.28. The van der Waals surface area contributed by atoms with Gasteiger partial charge in [0.2, 0.25) is 0 Å². The number of aryl methyl sites for hydroxylation is 3. The van der Waals surface area contributed by atoms with Crippen LogP contribution >= 0.6 is 11.3 Å². The minimum absolute atomic E-state index is 1.28. The second kappa shape index (κ2) is 6.04. The lowest BCUT2D eigenvalue weighted by Gasteiger charge is -2.13. The van der Waals surface area contributed by atoms with Crippen LogP contribution in [-0.4, -0.2) is 0 Å². The van der Waals surface area contributed by atoms with Crippen LogP contribution in [0.15, 0.2) is 30.3 Å². The molecule has 0 amide bonds. The van der Waals surface area contributed by atoms with E-state index in [1.807, 2.05) is 11.3 Å². The van der Waals surface area contributed by atoms with Crippen molar-refractivity contribution in [3.05, 3.63) is 47.0 Å². The molecule has 0 unspecified atom stereocenters. The van der Waals surface area contributed by atoms with E-state index in [0.717, 1.165) is 0 Å². The molecule has 0 N–H and O–H groups in total. The monoisotopic (exact) mass is 308 g/mol. The summed E-state index contributed by atoms with van der Waals surface area (Å²) < 4.78 is 3.06. The predicted octanol–water partition coefficient (Wildman–Crippen LogP) is 6.80. The van der Waals surface area contributed by atoms with Crippen LogP contribution in [0, 0.1) is 6.92 Å². The molecule has 2 aromatic carbocycles. The third-order valence-corrected chi connectivity index (χ3v) is 6.60. The molecule has 22 heavy (non-hydrogen) atoms. The van der Waals surface area contributed by atoms with Gasteiger partial charge in [0, 0.05) is 20.2 Å². The lowest BCUT2D eigenvalue weighted by Crippen LogP contribution is -1.98. The maximum atomic E-state index is 2.42. The molecule has 0 fully saturated rings. The Bertz CT molecular complexity index is 809. The molecule has 0 radical (unpaired) electrons. The molecule has 4 rings (SSSR count). The van der Waals surface area contributed by atoms with Crippen LogP contribution in [0.5, 0.6) is 0 Å². The van der Waals surface area contributed by atoms with Gasteiger partial charge in [-0.25, -0.2) is 0 Å². The van der Waals surface area contributed by atoms with Gasteiger partial charge in [-0.15, -0.1) is 11.3 Å². The van der Waals surface area contributed by atoms with Crippen LogP contribution in [-0.2, 0) is 12.8 Å². The van der Waals surface area contributed by atoms with E-state index in [0.29, 0.717) is 0 Å². The summed E-state index contributed by atoms with van der Waals surface area (Å²) in [4.78, 5) is 0. The fraction of sp³-hybridized carbons (Fsp3) is 0.429. The number of thiophene rings is 1. The Morgan fingerprint density at radius 3 is 2.32 bits per heavy atom. The van der Waals surface area contributed by atoms with Crippen LogP contribution in [0.2, 0.25) is 0 Å². The lowest BCUT2D eigenvalue weighted by atomic mass is 9.93. The number of benzene rings is 2. The van der Waals surface area contributed by atoms with Crippen molar-refractivity contribution in [2.24, 2.45) is 0 Å². The van der Waals surface area contributed by atoms with E-state index in [4.69, 9.17) is 0 Å². The number of rotatable bonds is 0. The summed E-state index contributed by atoms with van der Waals surface area (Å²) >= 11 is 2.03. The van der Waals surface area contributed by atoms with Crippen molar-refractivity contribution in [3.8, 4) is 0 Å². The van der Waals surface area contributed by atoms with E-state index in [1.54, 1.807) is 15.8 Å². The summed E-state index contributed by atoms with van der Waals surface area (Å²) in [6.45, 7) is 2.25. The van der Waals surface area contributed by atoms with E-state index in [-0.39, 0.29) is 0 Å². The van der Waals surface area contributed by atoms with Gasteiger partial charge in [0.15, 0.2) is 0 Å². The first kappa shape index (κ1) is 14.3. The molecule has 0 spiro atoms. The first-order valence-corrected chi connectivity index (χ1v) is 9.59. The van der Waals surface area contributed by atoms with Crippen LogP contribution < -0.4 is 0 Å². The standard InChI is InChI=1S/C21H24S/c1-15-9-8-12-18-19-14-13-16-10-6-4-2-3-5-7-11-17(16)21(19)22-20(15)18/h8-9,12-14H,2-7,10-11H2,1H3. The molecular formula is C21H24S. The Morgan fingerprint density at radius 2 is 1.45 bits per heavy atom. The third-order valence-electron chi connectivity index (χ3n) is 5.19. The van der Waals surface area contributed by atoms with Crippen LogP contribution in [0.25, 0.3) is 20.2 Å². The average Bonchev–Trinajstić information content (AvgIpc) is 2.92. The van der Waals surface area contributed by atoms with Crippen LogP contribution in [0.4, 0.5) is 0 Å². The van der Waals surface area contributed by atoms with Gasteiger partial charge in [-0.1, -0.05) is 56.0 Å². The van der Waals surface area contributed by atoms with Gasteiger partial charge in [0.1, 0.15) is 0 Å². The van der Waals surface area contributed by atoms with E-state index in [2.05, 4.69) is 37.3 Å². The van der Waals surface area contributed by atoms with Crippen molar-refractivity contribution < 1.29 is 0 Å². The highest BCUT2D eigenvalue weighted by molar-refractivity contribution is 7.26. The van der Waals surface area contributed by atoms with Crippen molar-refractivity contribution >= 4 is 31.5 Å².